The molecule has 0 saturated heterocycles. The van der Waals surface area contributed by atoms with Gasteiger partial charge in [-0.2, -0.15) is 0 Å². The van der Waals surface area contributed by atoms with Gasteiger partial charge in [-0.05, 0) is 34.5 Å². The van der Waals surface area contributed by atoms with Crippen LogP contribution in [0.1, 0.15) is 11.6 Å². The van der Waals surface area contributed by atoms with Gasteiger partial charge in [0.1, 0.15) is 5.75 Å². The number of aliphatic hydroxyl groups is 1. The Morgan fingerprint density at radius 1 is 1.10 bits per heavy atom. The molecule has 0 aromatic heterocycles. The summed E-state index contributed by atoms with van der Waals surface area (Å²) < 4.78 is 10.2. The van der Waals surface area contributed by atoms with E-state index < -0.39 is 0 Å². The van der Waals surface area contributed by atoms with Crippen LogP contribution < -0.4 is 10.1 Å². The fourth-order valence-electron chi connectivity index (χ4n) is 2.21. The smallest absolute Gasteiger partial charge is 0.119 e. The first kappa shape index (κ1) is 14.8. The number of hydrogen-bond donors (Lipinski definition) is 2. The highest BCUT2D eigenvalue weighted by atomic mass is 16.5. The molecule has 0 aliphatic rings. The number of ether oxygens (including phenoxy) is 2. The monoisotopic (exact) mass is 275 g/mol. The molecule has 0 amide bonds. The van der Waals surface area contributed by atoms with E-state index in [2.05, 4.69) is 11.4 Å². The molecule has 0 bridgehead atoms. The Hall–Kier alpha value is -1.62. The molecule has 4 heteroatoms. The van der Waals surface area contributed by atoms with Gasteiger partial charge in [-0.3, -0.25) is 0 Å². The second kappa shape index (κ2) is 7.24. The topological polar surface area (TPSA) is 50.7 Å². The minimum atomic E-state index is -0.0725. The minimum absolute atomic E-state index is 0.0609. The maximum absolute atomic E-state index is 9.51. The number of fused-ring (bicyclic) bond motifs is 1. The highest BCUT2D eigenvalue weighted by Gasteiger charge is 2.10. The lowest BCUT2D eigenvalue weighted by Gasteiger charge is -2.17. The van der Waals surface area contributed by atoms with Gasteiger partial charge in [0.15, 0.2) is 0 Å². The van der Waals surface area contributed by atoms with Crippen molar-refractivity contribution in [1.82, 2.24) is 5.32 Å². The number of hydrogen-bond acceptors (Lipinski definition) is 4. The first-order valence-corrected chi connectivity index (χ1v) is 6.69. The van der Waals surface area contributed by atoms with Crippen molar-refractivity contribution in [3.8, 4) is 5.75 Å². The molecule has 2 rings (SSSR count). The van der Waals surface area contributed by atoms with E-state index in [0.717, 1.165) is 22.1 Å². The van der Waals surface area contributed by atoms with Crippen LogP contribution in [-0.4, -0.2) is 39.1 Å². The van der Waals surface area contributed by atoms with Gasteiger partial charge in [-0.15, -0.1) is 0 Å². The molecule has 4 nitrogen and oxygen atoms in total. The molecule has 0 fully saturated rings. The van der Waals surface area contributed by atoms with Crippen LogP contribution >= 0.6 is 0 Å². The highest BCUT2D eigenvalue weighted by Crippen LogP contribution is 2.24. The SMILES string of the molecule is COCCNC(CO)c1ccc2cc(OC)ccc2c1. The number of nitrogens with one attached hydrogen (secondary N) is 1. The predicted octanol–water partition coefficient (Wildman–Crippen LogP) is 2.12. The summed E-state index contributed by atoms with van der Waals surface area (Å²) in [4.78, 5) is 0. The Balaban J connectivity index is 2.21. The van der Waals surface area contributed by atoms with Gasteiger partial charge in [0.05, 0.1) is 26.4 Å². The van der Waals surface area contributed by atoms with Crippen LogP contribution in [-0.2, 0) is 4.74 Å². The van der Waals surface area contributed by atoms with E-state index in [9.17, 15) is 5.11 Å². The van der Waals surface area contributed by atoms with Gasteiger partial charge in [0, 0.05) is 13.7 Å². The first-order chi connectivity index (χ1) is 9.78. The maximum atomic E-state index is 9.51. The van der Waals surface area contributed by atoms with E-state index in [1.165, 1.54) is 0 Å². The normalized spacial score (nSPS) is 12.6. The molecule has 0 radical (unpaired) electrons. The molecule has 0 heterocycles. The molecule has 1 atom stereocenters. The molecule has 20 heavy (non-hydrogen) atoms. The summed E-state index contributed by atoms with van der Waals surface area (Å²) in [6.45, 7) is 1.40. The Morgan fingerprint density at radius 3 is 2.55 bits per heavy atom. The Bertz CT molecular complexity index is 556. The highest BCUT2D eigenvalue weighted by molar-refractivity contribution is 5.84. The minimum Gasteiger partial charge on any atom is -0.497 e. The van der Waals surface area contributed by atoms with Crippen molar-refractivity contribution >= 4 is 10.8 Å². The van der Waals surface area contributed by atoms with Gasteiger partial charge >= 0.3 is 0 Å². The average Bonchev–Trinajstić information content (AvgIpc) is 2.50. The molecule has 2 N–H and O–H groups in total. The maximum Gasteiger partial charge on any atom is 0.119 e. The van der Waals surface area contributed by atoms with Crippen molar-refractivity contribution in [2.45, 2.75) is 6.04 Å². The van der Waals surface area contributed by atoms with Crippen LogP contribution in [0.25, 0.3) is 10.8 Å². The van der Waals surface area contributed by atoms with Gasteiger partial charge in [0.25, 0.3) is 0 Å². The van der Waals surface area contributed by atoms with Crippen molar-refractivity contribution in [3.05, 3.63) is 42.0 Å². The second-order valence-corrected chi connectivity index (χ2v) is 4.65. The van der Waals surface area contributed by atoms with Crippen LogP contribution in [0.15, 0.2) is 36.4 Å². The van der Waals surface area contributed by atoms with Gasteiger partial charge < -0.3 is 19.9 Å². The Morgan fingerprint density at radius 2 is 1.85 bits per heavy atom. The van der Waals surface area contributed by atoms with Crippen molar-refractivity contribution < 1.29 is 14.6 Å². The summed E-state index contributed by atoms with van der Waals surface area (Å²) in [6.07, 6.45) is 0. The van der Waals surface area contributed by atoms with E-state index >= 15 is 0 Å². The van der Waals surface area contributed by atoms with Crippen molar-refractivity contribution in [2.24, 2.45) is 0 Å². The first-order valence-electron chi connectivity index (χ1n) is 6.69. The lowest BCUT2D eigenvalue weighted by Crippen LogP contribution is -2.27. The number of methoxy groups -OCH3 is 2. The molecule has 2 aromatic rings. The molecule has 2 aromatic carbocycles. The standard InChI is InChI=1S/C16H21NO3/c1-19-8-7-17-16(11-18)14-4-3-13-10-15(20-2)6-5-12(13)9-14/h3-6,9-10,16-18H,7-8,11H2,1-2H3. The second-order valence-electron chi connectivity index (χ2n) is 4.65. The third kappa shape index (κ3) is 3.48. The van der Waals surface area contributed by atoms with Crippen LogP contribution in [0.4, 0.5) is 0 Å². The molecular formula is C16H21NO3. The third-order valence-electron chi connectivity index (χ3n) is 3.35. The molecule has 0 spiro atoms. The fraction of sp³-hybridized carbons (Fsp3) is 0.375. The van der Waals surface area contributed by atoms with E-state index in [-0.39, 0.29) is 12.6 Å². The lowest BCUT2D eigenvalue weighted by atomic mass is 10.0. The molecular weight excluding hydrogens is 254 g/mol. The number of aliphatic hydroxyl groups excluding tert-OH is 1. The van der Waals surface area contributed by atoms with E-state index in [1.54, 1.807) is 14.2 Å². The summed E-state index contributed by atoms with van der Waals surface area (Å²) in [5.41, 5.74) is 1.07. The zero-order valence-corrected chi connectivity index (χ0v) is 11.9. The quantitative estimate of drug-likeness (QED) is 0.760. The largest absolute Gasteiger partial charge is 0.497 e. The summed E-state index contributed by atoms with van der Waals surface area (Å²) in [5, 5.41) is 15.0. The fourth-order valence-corrected chi connectivity index (χ4v) is 2.21. The molecule has 0 aliphatic heterocycles. The lowest BCUT2D eigenvalue weighted by molar-refractivity contribution is 0.184. The Kier molecular flexibility index (Phi) is 5.35. The third-order valence-corrected chi connectivity index (χ3v) is 3.35. The van der Waals surface area contributed by atoms with Crippen LogP contribution in [0.3, 0.4) is 0 Å². The molecule has 108 valence electrons. The summed E-state index contributed by atoms with van der Waals surface area (Å²) in [6, 6.07) is 12.1. The van der Waals surface area contributed by atoms with E-state index in [0.29, 0.717) is 13.2 Å². The van der Waals surface area contributed by atoms with Crippen LogP contribution in [0, 0.1) is 0 Å². The van der Waals surface area contributed by atoms with Gasteiger partial charge in [0.2, 0.25) is 0 Å². The van der Waals surface area contributed by atoms with Crippen molar-refractivity contribution in [2.75, 3.05) is 34.0 Å². The van der Waals surface area contributed by atoms with Crippen LogP contribution in [0.2, 0.25) is 0 Å². The van der Waals surface area contributed by atoms with Crippen molar-refractivity contribution in [3.63, 3.8) is 0 Å². The zero-order chi connectivity index (χ0) is 14.4. The van der Waals surface area contributed by atoms with Gasteiger partial charge in [-0.25, -0.2) is 0 Å². The summed E-state index contributed by atoms with van der Waals surface area (Å²) in [7, 11) is 3.33. The van der Waals surface area contributed by atoms with Crippen molar-refractivity contribution in [1.29, 1.82) is 0 Å². The molecule has 0 aliphatic carbocycles. The average molecular weight is 275 g/mol. The Labute approximate surface area is 119 Å². The number of rotatable bonds is 7. The number of benzene rings is 2. The zero-order valence-electron chi connectivity index (χ0n) is 11.9. The predicted molar refractivity (Wildman–Crippen MR) is 80.2 cm³/mol. The summed E-state index contributed by atoms with van der Waals surface area (Å²) >= 11 is 0. The molecule has 1 unspecified atom stereocenters. The van der Waals surface area contributed by atoms with E-state index in [4.69, 9.17) is 9.47 Å². The summed E-state index contributed by atoms with van der Waals surface area (Å²) in [5.74, 6) is 0.849. The van der Waals surface area contributed by atoms with E-state index in [1.807, 2.05) is 30.3 Å². The molecule has 0 saturated carbocycles. The van der Waals surface area contributed by atoms with Gasteiger partial charge in [-0.1, -0.05) is 18.2 Å². The van der Waals surface area contributed by atoms with Crippen LogP contribution in [0.5, 0.6) is 5.75 Å².